The Bertz CT molecular complexity index is 1850. The van der Waals surface area contributed by atoms with Gasteiger partial charge >= 0.3 is 0 Å². The predicted octanol–water partition coefficient (Wildman–Crippen LogP) is 7.46. The summed E-state index contributed by atoms with van der Waals surface area (Å²) in [5, 5.41) is 25.7. The molecule has 6 heteroatoms. The number of rotatable bonds is 3. The Morgan fingerprint density at radius 3 is 1.95 bits per heavy atom. The summed E-state index contributed by atoms with van der Waals surface area (Å²) in [6, 6.07) is 9.02. The van der Waals surface area contributed by atoms with Gasteiger partial charge in [0.25, 0.3) is 0 Å². The summed E-state index contributed by atoms with van der Waals surface area (Å²) in [4.78, 5) is 7.90. The highest BCUT2D eigenvalue weighted by Gasteiger charge is 2.56. The molecule has 8 unspecified atom stereocenters. The first kappa shape index (κ1) is 26.3. The van der Waals surface area contributed by atoms with E-state index in [1.165, 1.54) is 115 Å². The number of hydrogen-bond donors (Lipinski definition) is 4. The standard InChI is InChI=1S/C38H46N4O2/c1-3-21-19-41-13-9-23(21)17-29(41)36-26(11-15-41)25-5-7-32(44)35(38(25)40-36)34-31(43)8-6-28-33(34)27-12-16-42-14-10-24(22(4-2)20-42)18-30(42)37(27)39-28/h5-8,21-24,29-30,39-40H,3-4,9-20H2,1-2H3/p+2. The zero-order valence-electron chi connectivity index (χ0n) is 26.5. The number of piperidine rings is 6. The number of nitrogens with one attached hydrogen (secondary N) is 2. The molecular weight excluding hydrogens is 544 g/mol. The van der Waals surface area contributed by atoms with Crippen molar-refractivity contribution in [2.45, 2.75) is 77.3 Å². The van der Waals surface area contributed by atoms with Gasteiger partial charge in [-0.05, 0) is 60.1 Å². The molecule has 0 amide bonds. The average Bonchev–Trinajstić information content (AvgIpc) is 3.63. The highest BCUT2D eigenvalue weighted by atomic mass is 16.3. The number of quaternary nitrogens is 2. The Morgan fingerprint density at radius 2 is 1.30 bits per heavy atom. The Morgan fingerprint density at radius 1 is 0.705 bits per heavy atom. The maximum Gasteiger partial charge on any atom is 0.130 e. The number of H-pyrrole nitrogens is 2. The van der Waals surface area contributed by atoms with E-state index in [0.29, 0.717) is 12.1 Å². The van der Waals surface area contributed by atoms with Gasteiger partial charge in [-0.15, -0.1) is 0 Å². The highest BCUT2D eigenvalue weighted by molar-refractivity contribution is 6.10. The molecule has 12 rings (SSSR count). The smallest absolute Gasteiger partial charge is 0.130 e. The van der Waals surface area contributed by atoms with Crippen LogP contribution in [0.2, 0.25) is 0 Å². The van der Waals surface area contributed by atoms with Gasteiger partial charge in [-0.1, -0.05) is 13.8 Å². The third-order valence-corrected chi connectivity index (χ3v) is 14.5. The van der Waals surface area contributed by atoms with Gasteiger partial charge < -0.3 is 29.1 Å². The van der Waals surface area contributed by atoms with Crippen molar-refractivity contribution in [3.05, 3.63) is 46.8 Å². The van der Waals surface area contributed by atoms with Gasteiger partial charge in [-0.3, -0.25) is 0 Å². The molecule has 4 N–H and O–H groups in total. The quantitative estimate of drug-likeness (QED) is 0.187. The highest BCUT2D eigenvalue weighted by Crippen LogP contribution is 2.57. The largest absolute Gasteiger partial charge is 0.507 e. The molecule has 0 aliphatic carbocycles. The van der Waals surface area contributed by atoms with Gasteiger partial charge in [0.15, 0.2) is 0 Å². The molecule has 2 aromatic heterocycles. The van der Waals surface area contributed by atoms with Crippen molar-refractivity contribution in [3.63, 3.8) is 0 Å². The van der Waals surface area contributed by atoms with Crippen molar-refractivity contribution in [2.24, 2.45) is 23.7 Å². The average molecular weight is 593 g/mol. The van der Waals surface area contributed by atoms with E-state index < -0.39 is 0 Å². The summed E-state index contributed by atoms with van der Waals surface area (Å²) in [5.74, 6) is 3.94. The summed E-state index contributed by atoms with van der Waals surface area (Å²) in [6.07, 6.45) is 10.1. The first-order chi connectivity index (χ1) is 21.4. The molecule has 8 atom stereocenters. The minimum atomic E-state index is 0.264. The van der Waals surface area contributed by atoms with Crippen LogP contribution in [0.5, 0.6) is 11.5 Å². The number of benzene rings is 2. The number of hydrogen-bond acceptors (Lipinski definition) is 2. The fourth-order valence-corrected chi connectivity index (χ4v) is 12.3. The van der Waals surface area contributed by atoms with Crippen LogP contribution >= 0.6 is 0 Å². The minimum Gasteiger partial charge on any atom is -0.507 e. The number of aromatic hydroxyl groups is 2. The van der Waals surface area contributed by atoms with Crippen molar-refractivity contribution >= 4 is 21.8 Å². The fraction of sp³-hybridized carbons (Fsp3) is 0.579. The third kappa shape index (κ3) is 3.19. The van der Waals surface area contributed by atoms with Crippen LogP contribution in [0.25, 0.3) is 32.9 Å². The first-order valence-electron chi connectivity index (χ1n) is 17.9. The maximum absolute atomic E-state index is 11.7. The van der Waals surface area contributed by atoms with Crippen LogP contribution in [0.15, 0.2) is 24.3 Å². The summed E-state index contributed by atoms with van der Waals surface area (Å²) in [7, 11) is 0. The van der Waals surface area contributed by atoms with E-state index in [1.807, 2.05) is 12.1 Å². The maximum atomic E-state index is 11.7. The molecule has 2 spiro atoms. The third-order valence-electron chi connectivity index (χ3n) is 14.5. The number of aromatic amines is 2. The molecule has 6 fully saturated rings. The van der Waals surface area contributed by atoms with E-state index in [4.69, 9.17) is 0 Å². The van der Waals surface area contributed by atoms with Crippen LogP contribution in [-0.2, 0) is 12.8 Å². The monoisotopic (exact) mass is 592 g/mol. The second-order valence-electron chi connectivity index (χ2n) is 15.9. The van der Waals surface area contributed by atoms with Gasteiger partial charge in [-0.2, -0.15) is 0 Å². The Labute approximate surface area is 260 Å². The summed E-state index contributed by atoms with van der Waals surface area (Å²) in [6.45, 7) is 12.5. The molecule has 6 saturated heterocycles. The molecule has 44 heavy (non-hydrogen) atoms. The van der Waals surface area contributed by atoms with Crippen molar-refractivity contribution < 1.29 is 19.2 Å². The van der Waals surface area contributed by atoms with Gasteiger partial charge in [0.2, 0.25) is 0 Å². The second kappa shape index (κ2) is 8.85. The van der Waals surface area contributed by atoms with Crippen molar-refractivity contribution in [1.29, 1.82) is 0 Å². The number of phenolic OH excluding ortho intramolecular Hbond substituents is 2. The van der Waals surface area contributed by atoms with Crippen LogP contribution < -0.4 is 0 Å². The first-order valence-corrected chi connectivity index (χ1v) is 17.9. The number of nitrogens with zero attached hydrogens (tertiary/aromatic N) is 2. The summed E-state index contributed by atoms with van der Waals surface area (Å²) in [5.41, 5.74) is 9.42. The molecule has 230 valence electrons. The van der Waals surface area contributed by atoms with E-state index in [-0.39, 0.29) is 11.5 Å². The van der Waals surface area contributed by atoms with Crippen LogP contribution in [0.3, 0.4) is 0 Å². The van der Waals surface area contributed by atoms with Gasteiger partial charge in [0.1, 0.15) is 23.6 Å². The van der Waals surface area contributed by atoms with E-state index in [1.54, 1.807) is 0 Å². The fourth-order valence-electron chi connectivity index (χ4n) is 12.3. The minimum absolute atomic E-state index is 0.264. The lowest BCUT2D eigenvalue weighted by atomic mass is 9.69. The van der Waals surface area contributed by atoms with Crippen molar-refractivity contribution in [3.8, 4) is 22.6 Å². The lowest BCUT2D eigenvalue weighted by molar-refractivity contribution is -0.978. The van der Waals surface area contributed by atoms with Crippen LogP contribution in [-0.4, -0.2) is 68.4 Å². The zero-order valence-corrected chi connectivity index (χ0v) is 26.5. The van der Waals surface area contributed by atoms with E-state index in [9.17, 15) is 10.2 Å². The normalized spacial score (nSPS) is 36.8. The van der Waals surface area contributed by atoms with E-state index >= 15 is 0 Å². The molecule has 8 aliphatic rings. The number of fused-ring (bicyclic) bond motifs is 10. The predicted molar refractivity (Wildman–Crippen MR) is 175 cm³/mol. The Hall–Kier alpha value is -2.96. The number of aromatic nitrogens is 2. The van der Waals surface area contributed by atoms with Crippen molar-refractivity contribution in [1.82, 2.24) is 9.97 Å². The lowest BCUT2D eigenvalue weighted by Crippen LogP contribution is -2.65. The van der Waals surface area contributed by atoms with Crippen LogP contribution in [0.1, 0.15) is 87.0 Å². The molecular formula is C38H48N4O2+2. The van der Waals surface area contributed by atoms with Crippen molar-refractivity contribution in [2.75, 3.05) is 39.3 Å². The van der Waals surface area contributed by atoms with E-state index in [0.717, 1.165) is 64.1 Å². The molecule has 0 radical (unpaired) electrons. The van der Waals surface area contributed by atoms with E-state index in [2.05, 4.69) is 35.9 Å². The Kier molecular flexibility index (Phi) is 5.29. The molecule has 8 aliphatic heterocycles. The van der Waals surface area contributed by atoms with Crippen LogP contribution in [0, 0.1) is 23.7 Å². The topological polar surface area (TPSA) is 72.0 Å². The number of phenols is 2. The zero-order chi connectivity index (χ0) is 29.5. The lowest BCUT2D eigenvalue weighted by Gasteiger charge is -2.59. The molecule has 0 saturated carbocycles. The van der Waals surface area contributed by atoms with Gasteiger partial charge in [0.05, 0.1) is 61.7 Å². The molecule has 4 bridgehead atoms. The molecule has 4 aromatic rings. The summed E-state index contributed by atoms with van der Waals surface area (Å²) < 4.78 is 2.51. The second-order valence-corrected chi connectivity index (χ2v) is 15.9. The van der Waals surface area contributed by atoms with Gasteiger partial charge in [-0.25, -0.2) is 0 Å². The molecule has 2 aromatic carbocycles. The summed E-state index contributed by atoms with van der Waals surface area (Å²) >= 11 is 0. The van der Waals surface area contributed by atoms with Gasteiger partial charge in [0, 0.05) is 72.2 Å². The molecule has 10 heterocycles. The Balaban J connectivity index is 1.15. The SMILES string of the molecule is CCC1C[N+]23CCc4c([nH]c5c(-c6c(O)ccc7[nH]c8c(c67)CC[N+]67CCC(CC86)C(CC)C7)c(O)ccc45)C2CC1CC3. The molecule has 6 nitrogen and oxygen atoms in total. The van der Waals surface area contributed by atoms with Crippen LogP contribution in [0.4, 0.5) is 0 Å².